The summed E-state index contributed by atoms with van der Waals surface area (Å²) in [6.07, 6.45) is 4.37. The first-order valence-corrected chi connectivity index (χ1v) is 10.9. The molecule has 3 aromatic rings. The second kappa shape index (κ2) is 11.9. The van der Waals surface area contributed by atoms with E-state index in [0.29, 0.717) is 6.54 Å². The Morgan fingerprint density at radius 1 is 1.10 bits per heavy atom. The van der Waals surface area contributed by atoms with E-state index in [1.54, 1.807) is 12.6 Å². The highest BCUT2D eigenvalue weighted by Crippen LogP contribution is 2.14. The average Bonchev–Trinajstić information content (AvgIpc) is 3.44. The molecule has 0 saturated carbocycles. The van der Waals surface area contributed by atoms with Crippen LogP contribution < -0.4 is 10.6 Å². The smallest absolute Gasteiger partial charge is 0.191 e. The zero-order valence-electron chi connectivity index (χ0n) is 18.7. The van der Waals surface area contributed by atoms with Crippen LogP contribution in [0.5, 0.6) is 0 Å². The number of furan rings is 1. The molecule has 31 heavy (non-hydrogen) atoms. The van der Waals surface area contributed by atoms with E-state index < -0.39 is 0 Å². The Balaban J connectivity index is 1.58. The Morgan fingerprint density at radius 3 is 2.68 bits per heavy atom. The van der Waals surface area contributed by atoms with Gasteiger partial charge in [-0.15, -0.1) is 10.2 Å². The summed E-state index contributed by atoms with van der Waals surface area (Å²) in [5.41, 5.74) is 2.49. The molecule has 0 saturated heterocycles. The van der Waals surface area contributed by atoms with Crippen LogP contribution in [0.15, 0.2) is 58.4 Å². The predicted octanol–water partition coefficient (Wildman–Crippen LogP) is 2.82. The fourth-order valence-electron chi connectivity index (χ4n) is 3.42. The van der Waals surface area contributed by atoms with Crippen molar-refractivity contribution in [3.63, 3.8) is 0 Å². The van der Waals surface area contributed by atoms with E-state index in [1.165, 1.54) is 11.1 Å². The molecule has 3 rings (SSSR count). The third kappa shape index (κ3) is 6.96. The standard InChI is InChI=1S/C23H33N7O/c1-4-22-28-27-18-30(22)13-12-25-23(24-5-2)26-15-19-9-6-7-10-20(19)16-29(3)17-21-11-8-14-31-21/h6-11,14,18H,4-5,12-13,15-17H2,1-3H3,(H2,24,25,26). The van der Waals surface area contributed by atoms with E-state index in [-0.39, 0.29) is 0 Å². The normalized spacial score (nSPS) is 11.8. The molecule has 8 heteroatoms. The third-order valence-electron chi connectivity index (χ3n) is 4.97. The zero-order valence-corrected chi connectivity index (χ0v) is 18.7. The topological polar surface area (TPSA) is 83.5 Å². The quantitative estimate of drug-likeness (QED) is 0.365. The van der Waals surface area contributed by atoms with Crippen molar-refractivity contribution in [3.8, 4) is 0 Å². The van der Waals surface area contributed by atoms with E-state index in [9.17, 15) is 0 Å². The van der Waals surface area contributed by atoms with E-state index >= 15 is 0 Å². The van der Waals surface area contributed by atoms with Gasteiger partial charge < -0.3 is 19.6 Å². The van der Waals surface area contributed by atoms with Gasteiger partial charge in [-0.05, 0) is 37.2 Å². The van der Waals surface area contributed by atoms with Crippen LogP contribution in [-0.4, -0.2) is 45.8 Å². The second-order valence-electron chi connectivity index (χ2n) is 7.44. The van der Waals surface area contributed by atoms with E-state index in [1.807, 2.05) is 12.1 Å². The van der Waals surface area contributed by atoms with Crippen LogP contribution in [0.2, 0.25) is 0 Å². The maximum Gasteiger partial charge on any atom is 0.191 e. The van der Waals surface area contributed by atoms with Gasteiger partial charge in [0.2, 0.25) is 0 Å². The van der Waals surface area contributed by atoms with Gasteiger partial charge in [0.05, 0.1) is 19.4 Å². The average molecular weight is 424 g/mol. The van der Waals surface area contributed by atoms with Crippen molar-refractivity contribution in [2.45, 2.75) is 46.4 Å². The van der Waals surface area contributed by atoms with Crippen LogP contribution in [0.4, 0.5) is 0 Å². The molecule has 166 valence electrons. The molecule has 0 spiro atoms. The minimum Gasteiger partial charge on any atom is -0.468 e. The first-order valence-electron chi connectivity index (χ1n) is 10.9. The molecule has 8 nitrogen and oxygen atoms in total. The molecule has 2 aromatic heterocycles. The van der Waals surface area contributed by atoms with E-state index in [2.05, 4.69) is 75.5 Å². The highest BCUT2D eigenvalue weighted by molar-refractivity contribution is 5.79. The van der Waals surface area contributed by atoms with E-state index in [0.717, 1.165) is 56.7 Å². The Morgan fingerprint density at radius 2 is 1.94 bits per heavy atom. The lowest BCUT2D eigenvalue weighted by atomic mass is 10.1. The Labute approximate surface area is 184 Å². The molecule has 0 amide bonds. The highest BCUT2D eigenvalue weighted by atomic mass is 16.3. The van der Waals surface area contributed by atoms with Gasteiger partial charge in [-0.25, -0.2) is 4.99 Å². The van der Waals surface area contributed by atoms with Gasteiger partial charge in [0.15, 0.2) is 5.96 Å². The summed E-state index contributed by atoms with van der Waals surface area (Å²) in [4.78, 5) is 7.05. The van der Waals surface area contributed by atoms with Gasteiger partial charge in [-0.2, -0.15) is 0 Å². The summed E-state index contributed by atoms with van der Waals surface area (Å²) >= 11 is 0. The van der Waals surface area contributed by atoms with Crippen molar-refractivity contribution in [3.05, 3.63) is 71.7 Å². The van der Waals surface area contributed by atoms with Crippen molar-refractivity contribution in [2.24, 2.45) is 4.99 Å². The lowest BCUT2D eigenvalue weighted by molar-refractivity contribution is 0.287. The highest BCUT2D eigenvalue weighted by Gasteiger charge is 2.08. The summed E-state index contributed by atoms with van der Waals surface area (Å²) in [5.74, 6) is 2.78. The molecule has 0 radical (unpaired) electrons. The molecule has 0 aliphatic rings. The summed E-state index contributed by atoms with van der Waals surface area (Å²) in [5, 5.41) is 14.9. The zero-order chi connectivity index (χ0) is 21.9. The van der Waals surface area contributed by atoms with Crippen LogP contribution >= 0.6 is 0 Å². The molecule has 0 aliphatic carbocycles. The van der Waals surface area contributed by atoms with Gasteiger partial charge in [-0.3, -0.25) is 4.90 Å². The number of aromatic nitrogens is 3. The fraction of sp³-hybridized carbons (Fsp3) is 0.435. The van der Waals surface area contributed by atoms with E-state index in [4.69, 9.17) is 9.41 Å². The maximum absolute atomic E-state index is 5.47. The van der Waals surface area contributed by atoms with Crippen LogP contribution in [0, 0.1) is 0 Å². The maximum atomic E-state index is 5.47. The molecule has 0 aliphatic heterocycles. The summed E-state index contributed by atoms with van der Waals surface area (Å²) in [7, 11) is 2.10. The Kier molecular flexibility index (Phi) is 8.66. The van der Waals surface area contributed by atoms with Crippen LogP contribution in [0.25, 0.3) is 0 Å². The number of aliphatic imine (C=N–C) groups is 1. The van der Waals surface area contributed by atoms with Crippen molar-refractivity contribution < 1.29 is 4.42 Å². The number of hydrogen-bond acceptors (Lipinski definition) is 5. The number of nitrogens with zero attached hydrogens (tertiary/aromatic N) is 5. The van der Waals surface area contributed by atoms with Gasteiger partial charge >= 0.3 is 0 Å². The first kappa shape index (κ1) is 22.6. The molecule has 0 bridgehead atoms. The molecular formula is C23H33N7O. The third-order valence-corrected chi connectivity index (χ3v) is 4.97. The summed E-state index contributed by atoms with van der Waals surface area (Å²) in [6.45, 7) is 8.76. The monoisotopic (exact) mass is 423 g/mol. The first-order chi connectivity index (χ1) is 15.2. The number of hydrogen-bond donors (Lipinski definition) is 2. The van der Waals surface area contributed by atoms with Gasteiger partial charge in [0, 0.05) is 32.6 Å². The van der Waals surface area contributed by atoms with Crippen LogP contribution in [0.3, 0.4) is 0 Å². The largest absolute Gasteiger partial charge is 0.468 e. The fourth-order valence-corrected chi connectivity index (χ4v) is 3.42. The minimum atomic E-state index is 0.618. The Hall–Kier alpha value is -3.13. The molecule has 1 aromatic carbocycles. The molecule has 0 fully saturated rings. The second-order valence-corrected chi connectivity index (χ2v) is 7.44. The molecular weight excluding hydrogens is 390 g/mol. The van der Waals surface area contributed by atoms with Crippen LogP contribution in [0.1, 0.15) is 36.6 Å². The van der Waals surface area contributed by atoms with Crippen molar-refractivity contribution >= 4 is 5.96 Å². The van der Waals surface area contributed by atoms with Crippen molar-refractivity contribution in [1.29, 1.82) is 0 Å². The summed E-state index contributed by atoms with van der Waals surface area (Å²) < 4.78 is 7.54. The summed E-state index contributed by atoms with van der Waals surface area (Å²) in [6, 6.07) is 12.4. The van der Waals surface area contributed by atoms with Crippen LogP contribution in [-0.2, 0) is 32.6 Å². The number of guanidine groups is 1. The van der Waals surface area contributed by atoms with Crippen molar-refractivity contribution in [2.75, 3.05) is 20.1 Å². The molecule has 2 N–H and O–H groups in total. The van der Waals surface area contributed by atoms with Crippen molar-refractivity contribution in [1.82, 2.24) is 30.3 Å². The number of benzene rings is 1. The molecule has 0 atom stereocenters. The van der Waals surface area contributed by atoms with Gasteiger partial charge in [0.1, 0.15) is 17.9 Å². The number of nitrogens with one attached hydrogen (secondary N) is 2. The Bertz CT molecular complexity index is 933. The van der Waals surface area contributed by atoms with Gasteiger partial charge in [-0.1, -0.05) is 31.2 Å². The SMILES string of the molecule is CCNC(=NCc1ccccc1CN(C)Cc1ccco1)NCCn1cnnc1CC. The molecule has 2 heterocycles. The minimum absolute atomic E-state index is 0.618. The number of aryl methyl sites for hydroxylation is 1. The lowest BCUT2D eigenvalue weighted by Gasteiger charge is -2.18. The van der Waals surface area contributed by atoms with Gasteiger partial charge in [0.25, 0.3) is 0 Å². The molecule has 0 unspecified atom stereocenters. The predicted molar refractivity (Wildman–Crippen MR) is 123 cm³/mol. The number of rotatable bonds is 11. The lowest BCUT2D eigenvalue weighted by Crippen LogP contribution is -2.39.